The third kappa shape index (κ3) is 4.33. The maximum Gasteiger partial charge on any atom is 0.288 e. The van der Waals surface area contributed by atoms with Crippen molar-refractivity contribution < 1.29 is 22.9 Å². The minimum Gasteiger partial charge on any atom is -0.364 e. The van der Waals surface area contributed by atoms with Gasteiger partial charge in [-0.15, -0.1) is 0 Å². The molecule has 2 amide bonds. The minimum atomic E-state index is -3.83. The second kappa shape index (κ2) is 7.75. The van der Waals surface area contributed by atoms with E-state index in [0.717, 1.165) is 18.4 Å². The van der Waals surface area contributed by atoms with Crippen LogP contribution in [0.3, 0.4) is 0 Å². The number of rotatable bonds is 6. The van der Waals surface area contributed by atoms with Crippen LogP contribution in [-0.2, 0) is 9.84 Å². The number of hydrogen-bond donors (Lipinski definition) is 2. The summed E-state index contributed by atoms with van der Waals surface area (Å²) < 4.78 is 24.8. The summed E-state index contributed by atoms with van der Waals surface area (Å²) in [6.45, 7) is 0. The lowest BCUT2D eigenvalue weighted by atomic mass is 10.2. The highest BCUT2D eigenvalue weighted by Crippen LogP contribution is 2.25. The zero-order valence-corrected chi connectivity index (χ0v) is 16.3. The van der Waals surface area contributed by atoms with E-state index in [1.807, 2.05) is 0 Å². The van der Waals surface area contributed by atoms with E-state index < -0.39 is 37.2 Å². The van der Waals surface area contributed by atoms with Crippen LogP contribution in [0.1, 0.15) is 20.8 Å². The Bertz CT molecular complexity index is 1260. The molecular formula is C18H15N5O6S. The van der Waals surface area contributed by atoms with Gasteiger partial charge in [-0.25, -0.2) is 13.1 Å². The van der Waals surface area contributed by atoms with Crippen LogP contribution in [-0.4, -0.2) is 41.2 Å². The Kier molecular flexibility index (Phi) is 5.34. The smallest absolute Gasteiger partial charge is 0.288 e. The topological polar surface area (TPSA) is 167 Å². The fourth-order valence-electron chi connectivity index (χ4n) is 2.61. The van der Waals surface area contributed by atoms with E-state index in [-0.39, 0.29) is 11.3 Å². The molecule has 2 aromatic carbocycles. The first-order valence-corrected chi connectivity index (χ1v) is 10.2. The summed E-state index contributed by atoms with van der Waals surface area (Å²) in [5.41, 5.74) is 5.51. The normalized spacial score (nSPS) is 11.1. The Labute approximate surface area is 170 Å². The zero-order valence-electron chi connectivity index (χ0n) is 15.5. The van der Waals surface area contributed by atoms with Gasteiger partial charge < -0.3 is 11.1 Å². The third-order valence-corrected chi connectivity index (χ3v) is 5.19. The Hall–Kier alpha value is -4.06. The number of nitrogens with two attached hydrogens (primary N) is 1. The van der Waals surface area contributed by atoms with Gasteiger partial charge in [0.25, 0.3) is 17.5 Å². The van der Waals surface area contributed by atoms with Crippen molar-refractivity contribution in [2.24, 2.45) is 5.73 Å². The number of nitro benzene ring substituents is 1. The number of nitro groups is 1. The quantitative estimate of drug-likeness (QED) is 0.442. The van der Waals surface area contributed by atoms with Crippen LogP contribution < -0.4 is 11.1 Å². The molecule has 0 saturated heterocycles. The lowest BCUT2D eigenvalue weighted by molar-refractivity contribution is -0.387. The molecule has 0 fully saturated rings. The van der Waals surface area contributed by atoms with Crippen LogP contribution in [0.2, 0.25) is 0 Å². The molecule has 1 heterocycles. The maximum atomic E-state index is 12.4. The molecule has 0 bridgehead atoms. The van der Waals surface area contributed by atoms with Crippen LogP contribution in [0.15, 0.2) is 59.6 Å². The number of amides is 2. The van der Waals surface area contributed by atoms with Gasteiger partial charge in [-0.1, -0.05) is 0 Å². The molecule has 3 aromatic rings. The SMILES string of the molecule is CS(=O)(=O)c1ccc(C(=O)Nc2ccc(-n3ccc(C(N)=O)n3)cc2)cc1[N+](=O)[O-]. The first-order valence-electron chi connectivity index (χ1n) is 8.32. The first-order chi connectivity index (χ1) is 14.1. The molecule has 3 rings (SSSR count). The van der Waals surface area contributed by atoms with Gasteiger partial charge in [0.15, 0.2) is 9.84 Å². The van der Waals surface area contributed by atoms with E-state index in [0.29, 0.717) is 11.4 Å². The molecule has 30 heavy (non-hydrogen) atoms. The summed E-state index contributed by atoms with van der Waals surface area (Å²) in [6, 6.07) is 11.0. The van der Waals surface area contributed by atoms with Crippen molar-refractivity contribution in [3.8, 4) is 5.69 Å². The van der Waals surface area contributed by atoms with Gasteiger partial charge in [0.2, 0.25) is 0 Å². The number of nitrogens with zero attached hydrogens (tertiary/aromatic N) is 3. The number of anilines is 1. The molecule has 0 aliphatic rings. The van der Waals surface area contributed by atoms with Crippen LogP contribution in [0.25, 0.3) is 5.69 Å². The van der Waals surface area contributed by atoms with E-state index in [4.69, 9.17) is 5.73 Å². The summed E-state index contributed by atoms with van der Waals surface area (Å²) in [5.74, 6) is -1.31. The van der Waals surface area contributed by atoms with Crippen LogP contribution in [0.5, 0.6) is 0 Å². The van der Waals surface area contributed by atoms with Crippen molar-refractivity contribution in [2.45, 2.75) is 4.90 Å². The number of carbonyl (C=O) groups is 2. The molecule has 0 atom stereocenters. The van der Waals surface area contributed by atoms with Crippen molar-refractivity contribution in [3.63, 3.8) is 0 Å². The maximum absolute atomic E-state index is 12.4. The molecular weight excluding hydrogens is 414 g/mol. The molecule has 0 unspecified atom stereocenters. The van der Waals surface area contributed by atoms with Crippen LogP contribution >= 0.6 is 0 Å². The fraction of sp³-hybridized carbons (Fsp3) is 0.0556. The lowest BCUT2D eigenvalue weighted by Crippen LogP contribution is -2.13. The molecule has 1 aromatic heterocycles. The molecule has 12 heteroatoms. The monoisotopic (exact) mass is 429 g/mol. The number of sulfone groups is 1. The molecule has 3 N–H and O–H groups in total. The number of carbonyl (C=O) groups excluding carboxylic acids is 2. The van der Waals surface area contributed by atoms with Crippen LogP contribution in [0.4, 0.5) is 11.4 Å². The molecule has 0 aliphatic heterocycles. The number of hydrogen-bond acceptors (Lipinski definition) is 7. The number of primary amides is 1. The lowest BCUT2D eigenvalue weighted by Gasteiger charge is -2.08. The third-order valence-electron chi connectivity index (χ3n) is 4.05. The average molecular weight is 429 g/mol. The highest BCUT2D eigenvalue weighted by atomic mass is 32.2. The van der Waals surface area contributed by atoms with Crippen molar-refractivity contribution in [3.05, 3.63) is 76.1 Å². The van der Waals surface area contributed by atoms with Gasteiger partial charge in [-0.2, -0.15) is 5.10 Å². The predicted molar refractivity (Wildman–Crippen MR) is 106 cm³/mol. The van der Waals surface area contributed by atoms with Crippen molar-refractivity contribution >= 4 is 33.0 Å². The number of benzene rings is 2. The average Bonchev–Trinajstić information content (AvgIpc) is 3.18. The highest BCUT2D eigenvalue weighted by molar-refractivity contribution is 7.90. The Morgan fingerprint density at radius 2 is 1.80 bits per heavy atom. The van der Waals surface area contributed by atoms with E-state index in [1.54, 1.807) is 30.5 Å². The zero-order chi connectivity index (χ0) is 22.1. The van der Waals surface area contributed by atoms with Crippen molar-refractivity contribution in [1.82, 2.24) is 9.78 Å². The van der Waals surface area contributed by atoms with Gasteiger partial charge in [0.05, 0.1) is 10.6 Å². The molecule has 0 spiro atoms. The van der Waals surface area contributed by atoms with Gasteiger partial charge in [0.1, 0.15) is 10.6 Å². The minimum absolute atomic E-state index is 0.0728. The van der Waals surface area contributed by atoms with Crippen molar-refractivity contribution in [1.29, 1.82) is 0 Å². The van der Waals surface area contributed by atoms with E-state index >= 15 is 0 Å². The second-order valence-corrected chi connectivity index (χ2v) is 8.21. The van der Waals surface area contributed by atoms with Crippen LogP contribution in [0, 0.1) is 10.1 Å². The predicted octanol–water partition coefficient (Wildman–Crippen LogP) is 1.54. The highest BCUT2D eigenvalue weighted by Gasteiger charge is 2.24. The standard InChI is InChI=1S/C18H15N5O6S/c1-30(28,29)16-7-2-11(10-15(16)23(26)27)18(25)20-12-3-5-13(6-4-12)22-9-8-14(21-22)17(19)24/h2-10H,1H3,(H2,19,24)(H,20,25). The van der Waals surface area contributed by atoms with Crippen molar-refractivity contribution in [2.75, 3.05) is 11.6 Å². The Morgan fingerprint density at radius 1 is 1.13 bits per heavy atom. The summed E-state index contributed by atoms with van der Waals surface area (Å²) in [7, 11) is -3.83. The summed E-state index contributed by atoms with van der Waals surface area (Å²) >= 11 is 0. The first kappa shape index (κ1) is 20.7. The largest absolute Gasteiger partial charge is 0.364 e. The summed E-state index contributed by atoms with van der Waals surface area (Å²) in [6.07, 6.45) is 2.40. The Balaban J connectivity index is 1.81. The summed E-state index contributed by atoms with van der Waals surface area (Å²) in [5, 5.41) is 17.8. The number of aromatic nitrogens is 2. The molecule has 0 radical (unpaired) electrons. The molecule has 11 nitrogen and oxygen atoms in total. The fourth-order valence-corrected chi connectivity index (χ4v) is 3.44. The van der Waals surface area contributed by atoms with Gasteiger partial charge in [-0.05, 0) is 42.5 Å². The number of nitrogens with one attached hydrogen (secondary N) is 1. The molecule has 0 aliphatic carbocycles. The van der Waals surface area contributed by atoms with E-state index in [9.17, 15) is 28.1 Å². The summed E-state index contributed by atoms with van der Waals surface area (Å²) in [4.78, 5) is 33.4. The van der Waals surface area contributed by atoms with Gasteiger partial charge in [-0.3, -0.25) is 19.7 Å². The molecule has 0 saturated carbocycles. The van der Waals surface area contributed by atoms with Gasteiger partial charge in [0, 0.05) is 29.8 Å². The van der Waals surface area contributed by atoms with E-state index in [1.165, 1.54) is 16.8 Å². The second-order valence-electron chi connectivity index (χ2n) is 6.22. The van der Waals surface area contributed by atoms with E-state index in [2.05, 4.69) is 10.4 Å². The molecule has 154 valence electrons. The van der Waals surface area contributed by atoms with Gasteiger partial charge >= 0.3 is 0 Å². The Morgan fingerprint density at radius 3 is 2.33 bits per heavy atom.